The van der Waals surface area contributed by atoms with Crippen molar-refractivity contribution in [2.24, 2.45) is 23.7 Å². The van der Waals surface area contributed by atoms with E-state index in [0.717, 1.165) is 25.7 Å². The Morgan fingerprint density at radius 2 is 2.06 bits per heavy atom. The number of aliphatic hydroxyl groups is 1. The first-order valence-electron chi connectivity index (χ1n) is 11.9. The van der Waals surface area contributed by atoms with Crippen LogP contribution in [-0.2, 0) is 14.3 Å². The van der Waals surface area contributed by atoms with Gasteiger partial charge in [-0.25, -0.2) is 4.39 Å². The molecule has 1 amide bonds. The molecule has 0 radical (unpaired) electrons. The molecule has 6 rings (SSSR count). The van der Waals surface area contributed by atoms with Gasteiger partial charge in [0.1, 0.15) is 30.2 Å². The molecular weight excluding hydrogens is 451 g/mol. The zero-order valence-electron chi connectivity index (χ0n) is 18.3. The first kappa shape index (κ1) is 23.0. The van der Waals surface area contributed by atoms with Gasteiger partial charge in [0.25, 0.3) is 0 Å². The van der Waals surface area contributed by atoms with E-state index in [1.165, 1.54) is 12.1 Å². The molecule has 1 aromatic rings. The van der Waals surface area contributed by atoms with Crippen molar-refractivity contribution in [1.82, 2.24) is 10.6 Å². The maximum atomic E-state index is 13.6. The quantitative estimate of drug-likeness (QED) is 0.519. The standard InChI is InChI=1S/C24H30ClFN2O5/c25-16-5-4-14(8-17(16)26)32-11-22(30)27-18-9-19(13-6-12(18)7-13)28-24(31)15-10-33-21-3-1-2-20(29)23(15)21/h4-5,8,12-13,15,18-19,21-23,27,30H,1-3,6-7,9-11H2,(H,28,31)/t12?,13?,15?,18-,19+,21?,22?,23?/m1/s1. The van der Waals surface area contributed by atoms with E-state index in [1.807, 2.05) is 0 Å². The third-order valence-electron chi connectivity index (χ3n) is 7.83. The van der Waals surface area contributed by atoms with E-state index < -0.39 is 18.0 Å². The number of carbonyl (C=O) groups excluding carboxylic acids is 2. The molecule has 9 heteroatoms. The topological polar surface area (TPSA) is 96.9 Å². The molecule has 5 fully saturated rings. The van der Waals surface area contributed by atoms with Crippen LogP contribution in [0.4, 0.5) is 4.39 Å². The summed E-state index contributed by atoms with van der Waals surface area (Å²) in [6.07, 6.45) is 3.89. The second kappa shape index (κ2) is 9.49. The number of ketones is 1. The summed E-state index contributed by atoms with van der Waals surface area (Å²) in [4.78, 5) is 25.4. The van der Waals surface area contributed by atoms with Crippen LogP contribution in [0, 0.1) is 29.5 Å². The van der Waals surface area contributed by atoms with E-state index in [4.69, 9.17) is 21.1 Å². The molecule has 4 unspecified atom stereocenters. The van der Waals surface area contributed by atoms with Gasteiger partial charge in [-0.05, 0) is 56.1 Å². The van der Waals surface area contributed by atoms with Crippen molar-refractivity contribution in [3.05, 3.63) is 29.0 Å². The highest BCUT2D eigenvalue weighted by Crippen LogP contribution is 2.46. The molecule has 1 aliphatic heterocycles. The van der Waals surface area contributed by atoms with E-state index in [1.54, 1.807) is 6.07 Å². The molecule has 4 aliphatic carbocycles. The lowest BCUT2D eigenvalue weighted by atomic mass is 9.60. The number of benzene rings is 1. The monoisotopic (exact) mass is 480 g/mol. The summed E-state index contributed by atoms with van der Waals surface area (Å²) >= 11 is 5.68. The second-order valence-electron chi connectivity index (χ2n) is 9.88. The Hall–Kier alpha value is -1.74. The minimum atomic E-state index is -0.925. The average molecular weight is 481 g/mol. The number of fused-ring (bicyclic) bond motifs is 3. The predicted molar refractivity (Wildman–Crippen MR) is 118 cm³/mol. The van der Waals surface area contributed by atoms with Gasteiger partial charge >= 0.3 is 0 Å². The summed E-state index contributed by atoms with van der Waals surface area (Å²) in [6, 6.07) is 4.20. The highest BCUT2D eigenvalue weighted by molar-refractivity contribution is 6.30. The zero-order valence-corrected chi connectivity index (χ0v) is 19.1. The van der Waals surface area contributed by atoms with E-state index >= 15 is 0 Å². The largest absolute Gasteiger partial charge is 0.489 e. The molecule has 4 saturated carbocycles. The minimum Gasteiger partial charge on any atom is -0.489 e. The number of rotatable bonds is 7. The molecular formula is C24H30ClFN2O5. The normalized spacial score (nSPS) is 36.0. The number of hydrogen-bond donors (Lipinski definition) is 3. The molecule has 6 atom stereocenters. The van der Waals surface area contributed by atoms with Gasteiger partial charge in [0.2, 0.25) is 5.91 Å². The Kier molecular flexibility index (Phi) is 6.62. The van der Waals surface area contributed by atoms with Gasteiger partial charge in [-0.1, -0.05) is 11.6 Å². The Balaban J connectivity index is 1.13. The first-order chi connectivity index (χ1) is 15.9. The molecule has 1 aromatic carbocycles. The van der Waals surface area contributed by atoms with E-state index in [-0.39, 0.29) is 47.4 Å². The summed E-state index contributed by atoms with van der Waals surface area (Å²) in [5.41, 5.74) is 0. The van der Waals surface area contributed by atoms with Gasteiger partial charge in [0.15, 0.2) is 0 Å². The Morgan fingerprint density at radius 3 is 2.85 bits per heavy atom. The SMILES string of the molecule is O=C(N[C@H]1C[C@@H](NC(O)COc2ccc(Cl)c(F)c2)C2CC1C2)C1COC2CCCC(=O)C21. The molecule has 2 bridgehead atoms. The first-order valence-corrected chi connectivity index (χ1v) is 12.2. The lowest BCUT2D eigenvalue weighted by Gasteiger charge is -2.52. The smallest absolute Gasteiger partial charge is 0.226 e. The number of aliphatic hydroxyl groups excluding tert-OH is 1. The molecule has 180 valence electrons. The van der Waals surface area contributed by atoms with Crippen molar-refractivity contribution in [1.29, 1.82) is 0 Å². The molecule has 33 heavy (non-hydrogen) atoms. The Labute approximate surface area is 197 Å². The average Bonchev–Trinajstić information content (AvgIpc) is 3.19. The van der Waals surface area contributed by atoms with Crippen molar-refractivity contribution in [2.75, 3.05) is 13.2 Å². The lowest BCUT2D eigenvalue weighted by molar-refractivity contribution is -0.135. The van der Waals surface area contributed by atoms with Gasteiger partial charge < -0.3 is 19.9 Å². The summed E-state index contributed by atoms with van der Waals surface area (Å²) < 4.78 is 24.8. The zero-order chi connectivity index (χ0) is 23.1. The maximum Gasteiger partial charge on any atom is 0.226 e. The number of carbonyl (C=O) groups is 2. The van der Waals surface area contributed by atoms with Crippen LogP contribution in [0.15, 0.2) is 18.2 Å². The third-order valence-corrected chi connectivity index (χ3v) is 8.14. The minimum absolute atomic E-state index is 0.0104. The van der Waals surface area contributed by atoms with Crippen LogP contribution in [0.1, 0.15) is 38.5 Å². The Morgan fingerprint density at radius 1 is 1.27 bits per heavy atom. The molecule has 0 spiro atoms. The summed E-state index contributed by atoms with van der Waals surface area (Å²) in [6.45, 7) is 0.283. The molecule has 5 aliphatic rings. The highest BCUT2D eigenvalue weighted by atomic mass is 35.5. The van der Waals surface area contributed by atoms with Gasteiger partial charge in [0.05, 0.1) is 29.6 Å². The van der Waals surface area contributed by atoms with Crippen LogP contribution in [-0.4, -0.2) is 54.4 Å². The van der Waals surface area contributed by atoms with E-state index in [9.17, 15) is 19.1 Å². The fourth-order valence-electron chi connectivity index (χ4n) is 6.00. The van der Waals surface area contributed by atoms with Crippen LogP contribution in [0.3, 0.4) is 0 Å². The van der Waals surface area contributed by atoms with Gasteiger partial charge in [0, 0.05) is 24.6 Å². The molecule has 0 aromatic heterocycles. The van der Waals surface area contributed by atoms with Crippen molar-refractivity contribution < 1.29 is 28.6 Å². The van der Waals surface area contributed by atoms with Gasteiger partial charge in [-0.15, -0.1) is 0 Å². The van der Waals surface area contributed by atoms with Crippen molar-refractivity contribution in [2.45, 2.75) is 62.9 Å². The number of ether oxygens (including phenoxy) is 2. The number of amides is 1. The van der Waals surface area contributed by atoms with Crippen LogP contribution < -0.4 is 15.4 Å². The second-order valence-corrected chi connectivity index (χ2v) is 10.3. The van der Waals surface area contributed by atoms with E-state index in [2.05, 4.69) is 10.6 Å². The number of hydrogen-bond acceptors (Lipinski definition) is 6. The molecule has 1 heterocycles. The number of Topliss-reactive ketones (excluding diaryl/α,β-unsaturated/α-hetero) is 1. The summed E-state index contributed by atoms with van der Waals surface area (Å²) in [5.74, 6) is -0.0261. The van der Waals surface area contributed by atoms with Crippen molar-refractivity contribution in [3.63, 3.8) is 0 Å². The van der Waals surface area contributed by atoms with Crippen LogP contribution in [0.2, 0.25) is 5.02 Å². The number of halogens is 2. The molecule has 3 N–H and O–H groups in total. The van der Waals surface area contributed by atoms with Crippen molar-refractivity contribution >= 4 is 23.3 Å². The fourth-order valence-corrected chi connectivity index (χ4v) is 6.12. The third kappa shape index (κ3) is 4.76. The van der Waals surface area contributed by atoms with Crippen molar-refractivity contribution in [3.8, 4) is 5.75 Å². The van der Waals surface area contributed by atoms with E-state index in [0.29, 0.717) is 37.0 Å². The molecule has 7 nitrogen and oxygen atoms in total. The predicted octanol–water partition coefficient (Wildman–Crippen LogP) is 2.43. The Bertz CT molecular complexity index is 911. The van der Waals surface area contributed by atoms with Crippen LogP contribution in [0.5, 0.6) is 5.75 Å². The highest BCUT2D eigenvalue weighted by Gasteiger charge is 2.50. The summed E-state index contributed by atoms with van der Waals surface area (Å²) in [5, 5.41) is 16.8. The summed E-state index contributed by atoms with van der Waals surface area (Å²) in [7, 11) is 0. The van der Waals surface area contributed by atoms with Crippen LogP contribution >= 0.6 is 11.6 Å². The number of nitrogens with one attached hydrogen (secondary N) is 2. The lowest BCUT2D eigenvalue weighted by Crippen LogP contribution is -2.61. The van der Waals surface area contributed by atoms with Gasteiger partial charge in [-0.2, -0.15) is 0 Å². The maximum absolute atomic E-state index is 13.6. The fraction of sp³-hybridized carbons (Fsp3) is 0.667. The molecule has 1 saturated heterocycles. The van der Waals surface area contributed by atoms with Crippen LogP contribution in [0.25, 0.3) is 0 Å². The van der Waals surface area contributed by atoms with Gasteiger partial charge in [-0.3, -0.25) is 14.9 Å².